The third-order valence-electron chi connectivity index (χ3n) is 3.86. The molecule has 3 amide bonds. The number of carbonyl (C=O) groups excluding carboxylic acids is 2. The van der Waals surface area contributed by atoms with Crippen LogP contribution in [0.25, 0.3) is 0 Å². The predicted molar refractivity (Wildman–Crippen MR) is 85.9 cm³/mol. The van der Waals surface area contributed by atoms with E-state index in [4.69, 9.17) is 4.74 Å². The van der Waals surface area contributed by atoms with Gasteiger partial charge in [0, 0.05) is 11.0 Å². The van der Waals surface area contributed by atoms with Gasteiger partial charge in [-0.3, -0.25) is 9.69 Å². The lowest BCUT2D eigenvalue weighted by Crippen LogP contribution is -2.48. The Balaban J connectivity index is 1.61. The van der Waals surface area contributed by atoms with E-state index in [2.05, 4.69) is 15.9 Å². The zero-order valence-electron chi connectivity index (χ0n) is 12.1. The minimum atomic E-state index is -3.26. The quantitative estimate of drug-likeness (QED) is 0.698. The number of fused-ring (bicyclic) bond motifs is 1. The molecular formula is C14H15BrN2O5S. The largest absolute Gasteiger partial charge is 0.492 e. The highest BCUT2D eigenvalue weighted by Gasteiger charge is 2.49. The fourth-order valence-electron chi connectivity index (χ4n) is 2.66. The Labute approximate surface area is 142 Å². The molecule has 7 nitrogen and oxygen atoms in total. The van der Waals surface area contributed by atoms with Crippen molar-refractivity contribution in [2.75, 3.05) is 31.2 Å². The van der Waals surface area contributed by atoms with Crippen LogP contribution in [0.1, 0.15) is 0 Å². The molecule has 23 heavy (non-hydrogen) atoms. The van der Waals surface area contributed by atoms with E-state index in [1.165, 1.54) is 4.90 Å². The third kappa shape index (κ3) is 3.35. The van der Waals surface area contributed by atoms with Crippen molar-refractivity contribution in [2.24, 2.45) is 0 Å². The van der Waals surface area contributed by atoms with Gasteiger partial charge in [-0.2, -0.15) is 0 Å². The Kier molecular flexibility index (Phi) is 4.33. The number of sulfone groups is 1. The molecule has 1 aromatic carbocycles. The molecular weight excluding hydrogens is 388 g/mol. The SMILES string of the molecule is O=C1C2CS(=O)(=O)CCN2C(=O)N1CCOc1ccc(Br)cc1. The van der Waals surface area contributed by atoms with E-state index in [0.717, 1.165) is 9.37 Å². The van der Waals surface area contributed by atoms with Crippen LogP contribution in [0.5, 0.6) is 5.75 Å². The lowest BCUT2D eigenvalue weighted by Gasteiger charge is -2.26. The summed E-state index contributed by atoms with van der Waals surface area (Å²) in [5.41, 5.74) is 0. The van der Waals surface area contributed by atoms with Crippen LogP contribution in [-0.2, 0) is 14.6 Å². The van der Waals surface area contributed by atoms with Gasteiger partial charge in [0.15, 0.2) is 9.84 Å². The molecule has 0 radical (unpaired) electrons. The number of halogens is 1. The smallest absolute Gasteiger partial charge is 0.327 e. The fraction of sp³-hybridized carbons (Fsp3) is 0.429. The summed E-state index contributed by atoms with van der Waals surface area (Å²) in [6, 6.07) is 5.88. The number of hydrogen-bond donors (Lipinski definition) is 0. The van der Waals surface area contributed by atoms with Crippen molar-refractivity contribution in [1.29, 1.82) is 0 Å². The van der Waals surface area contributed by atoms with Crippen LogP contribution in [0, 0.1) is 0 Å². The van der Waals surface area contributed by atoms with Crippen molar-refractivity contribution in [3.8, 4) is 5.75 Å². The van der Waals surface area contributed by atoms with Gasteiger partial charge in [0.2, 0.25) is 0 Å². The molecule has 0 aliphatic carbocycles. The molecule has 0 bridgehead atoms. The second kappa shape index (κ2) is 6.12. The topological polar surface area (TPSA) is 84.0 Å². The molecule has 9 heteroatoms. The highest BCUT2D eigenvalue weighted by Crippen LogP contribution is 2.23. The van der Waals surface area contributed by atoms with Crippen LogP contribution in [0.15, 0.2) is 28.7 Å². The van der Waals surface area contributed by atoms with Gasteiger partial charge >= 0.3 is 6.03 Å². The second-order valence-electron chi connectivity index (χ2n) is 5.40. The monoisotopic (exact) mass is 402 g/mol. The number of benzene rings is 1. The van der Waals surface area contributed by atoms with Crippen LogP contribution in [-0.4, -0.2) is 67.4 Å². The van der Waals surface area contributed by atoms with E-state index in [1.54, 1.807) is 12.1 Å². The van der Waals surface area contributed by atoms with Crippen LogP contribution >= 0.6 is 15.9 Å². The second-order valence-corrected chi connectivity index (χ2v) is 8.54. The van der Waals surface area contributed by atoms with Gasteiger partial charge in [0.25, 0.3) is 5.91 Å². The molecule has 1 atom stereocenters. The summed E-state index contributed by atoms with van der Waals surface area (Å²) >= 11 is 3.32. The zero-order chi connectivity index (χ0) is 16.6. The minimum Gasteiger partial charge on any atom is -0.492 e. The van der Waals surface area contributed by atoms with Gasteiger partial charge in [-0.05, 0) is 24.3 Å². The predicted octanol–water partition coefficient (Wildman–Crippen LogP) is 0.889. The Bertz CT molecular complexity index is 734. The highest BCUT2D eigenvalue weighted by molar-refractivity contribution is 9.10. The number of hydrogen-bond acceptors (Lipinski definition) is 5. The first-order valence-electron chi connectivity index (χ1n) is 7.08. The number of carbonyl (C=O) groups is 2. The number of ether oxygens (including phenoxy) is 1. The first-order valence-corrected chi connectivity index (χ1v) is 9.69. The van der Waals surface area contributed by atoms with Gasteiger partial charge in [-0.25, -0.2) is 13.2 Å². The van der Waals surface area contributed by atoms with E-state index >= 15 is 0 Å². The van der Waals surface area contributed by atoms with Crippen LogP contribution in [0.4, 0.5) is 4.79 Å². The van der Waals surface area contributed by atoms with Crippen molar-refractivity contribution in [3.05, 3.63) is 28.7 Å². The standard InChI is InChI=1S/C14H15BrN2O5S/c15-10-1-3-11(4-2-10)22-7-5-17-13(18)12-9-23(20,21)8-6-16(12)14(17)19/h1-4,12H,5-9H2. The molecule has 0 N–H and O–H groups in total. The van der Waals surface area contributed by atoms with Gasteiger partial charge in [0.05, 0.1) is 18.1 Å². The van der Waals surface area contributed by atoms with Crippen molar-refractivity contribution >= 4 is 37.7 Å². The van der Waals surface area contributed by atoms with Crippen molar-refractivity contribution in [3.63, 3.8) is 0 Å². The number of amides is 3. The van der Waals surface area contributed by atoms with Crippen molar-refractivity contribution < 1.29 is 22.7 Å². The molecule has 1 aromatic rings. The summed E-state index contributed by atoms with van der Waals surface area (Å²) in [5, 5.41) is 0. The Morgan fingerprint density at radius 3 is 2.61 bits per heavy atom. The summed E-state index contributed by atoms with van der Waals surface area (Å²) in [5.74, 6) is -0.210. The lowest BCUT2D eigenvalue weighted by atomic mass is 10.3. The van der Waals surface area contributed by atoms with Crippen LogP contribution < -0.4 is 4.74 Å². The molecule has 0 spiro atoms. The summed E-state index contributed by atoms with van der Waals surface area (Å²) in [7, 11) is -3.26. The van der Waals surface area contributed by atoms with E-state index in [1.807, 2.05) is 12.1 Å². The first-order chi connectivity index (χ1) is 10.9. The summed E-state index contributed by atoms with van der Waals surface area (Å²) in [6.45, 7) is 0.328. The molecule has 3 rings (SSSR count). The summed E-state index contributed by atoms with van der Waals surface area (Å²) in [6.07, 6.45) is 0. The molecule has 124 valence electrons. The maximum atomic E-state index is 12.3. The summed E-state index contributed by atoms with van der Waals surface area (Å²) in [4.78, 5) is 26.9. The Morgan fingerprint density at radius 1 is 1.22 bits per heavy atom. The third-order valence-corrected chi connectivity index (χ3v) is 6.01. The number of urea groups is 1. The molecule has 2 heterocycles. The lowest BCUT2D eigenvalue weighted by molar-refractivity contribution is -0.128. The van der Waals surface area contributed by atoms with E-state index in [9.17, 15) is 18.0 Å². The average molecular weight is 403 g/mol. The highest BCUT2D eigenvalue weighted by atomic mass is 79.9. The average Bonchev–Trinajstić information content (AvgIpc) is 2.72. The molecule has 0 saturated carbocycles. The number of imide groups is 1. The molecule has 0 aromatic heterocycles. The molecule has 2 fully saturated rings. The van der Waals surface area contributed by atoms with E-state index in [-0.39, 0.29) is 31.2 Å². The van der Waals surface area contributed by atoms with Gasteiger partial charge < -0.3 is 9.64 Å². The van der Waals surface area contributed by atoms with E-state index in [0.29, 0.717) is 5.75 Å². The van der Waals surface area contributed by atoms with Gasteiger partial charge in [0.1, 0.15) is 18.4 Å². The Hall–Kier alpha value is -1.61. The molecule has 1 unspecified atom stereocenters. The first kappa shape index (κ1) is 16.3. The van der Waals surface area contributed by atoms with Crippen molar-refractivity contribution in [2.45, 2.75) is 6.04 Å². The zero-order valence-corrected chi connectivity index (χ0v) is 14.5. The van der Waals surface area contributed by atoms with E-state index < -0.39 is 27.8 Å². The van der Waals surface area contributed by atoms with Gasteiger partial charge in [-0.1, -0.05) is 15.9 Å². The van der Waals surface area contributed by atoms with Crippen LogP contribution in [0.3, 0.4) is 0 Å². The van der Waals surface area contributed by atoms with Crippen molar-refractivity contribution in [1.82, 2.24) is 9.80 Å². The summed E-state index contributed by atoms with van der Waals surface area (Å²) < 4.78 is 29.7. The van der Waals surface area contributed by atoms with Gasteiger partial charge in [-0.15, -0.1) is 0 Å². The molecule has 2 saturated heterocycles. The minimum absolute atomic E-state index is 0.0711. The maximum Gasteiger partial charge on any atom is 0.327 e. The number of rotatable bonds is 4. The number of nitrogens with zero attached hydrogens (tertiary/aromatic N) is 2. The Morgan fingerprint density at radius 2 is 1.91 bits per heavy atom. The normalized spacial score (nSPS) is 23.1. The fourth-order valence-corrected chi connectivity index (χ4v) is 4.37. The van der Waals surface area contributed by atoms with Crippen LogP contribution in [0.2, 0.25) is 0 Å². The molecule has 2 aliphatic heterocycles. The molecule has 2 aliphatic rings. The maximum absolute atomic E-state index is 12.3.